The van der Waals surface area contributed by atoms with E-state index < -0.39 is 0 Å². The zero-order valence-electron chi connectivity index (χ0n) is 10.8. The van der Waals surface area contributed by atoms with Crippen molar-refractivity contribution in [2.75, 3.05) is 0 Å². The third-order valence-corrected chi connectivity index (χ3v) is 3.76. The highest BCUT2D eigenvalue weighted by molar-refractivity contribution is 6.28. The summed E-state index contributed by atoms with van der Waals surface area (Å²) in [5.74, 6) is 0. The summed E-state index contributed by atoms with van der Waals surface area (Å²) < 4.78 is 1.71. The van der Waals surface area contributed by atoms with Gasteiger partial charge in [-0.3, -0.25) is 9.78 Å². The molecule has 6 nitrogen and oxygen atoms in total. The van der Waals surface area contributed by atoms with Crippen LogP contribution in [0.5, 0.6) is 0 Å². The Morgan fingerprint density at radius 3 is 3.10 bits per heavy atom. The molecular formula is C13H11ClN6. The molecule has 0 fully saturated rings. The minimum absolute atomic E-state index is 0.239. The third-order valence-electron chi connectivity index (χ3n) is 3.59. The van der Waals surface area contributed by atoms with Crippen molar-refractivity contribution in [3.05, 3.63) is 33.9 Å². The summed E-state index contributed by atoms with van der Waals surface area (Å²) in [7, 11) is 1.85. The molecule has 7 heteroatoms. The first-order chi connectivity index (χ1) is 9.74. The molecule has 3 heterocycles. The van der Waals surface area contributed by atoms with Gasteiger partial charge in [-0.15, -0.1) is 0 Å². The van der Waals surface area contributed by atoms with Gasteiger partial charge >= 0.3 is 0 Å². The molecule has 0 radical (unpaired) electrons. The number of H-pyrrole nitrogens is 1. The predicted molar refractivity (Wildman–Crippen MR) is 75.4 cm³/mol. The van der Waals surface area contributed by atoms with Crippen LogP contribution in [0.2, 0.25) is 5.28 Å². The molecule has 3 aromatic heterocycles. The van der Waals surface area contributed by atoms with E-state index in [-0.39, 0.29) is 5.28 Å². The second-order valence-corrected chi connectivity index (χ2v) is 5.10. The number of hydrogen-bond acceptors (Lipinski definition) is 4. The lowest BCUT2D eigenvalue weighted by Crippen LogP contribution is -2.28. The average molecular weight is 287 g/mol. The van der Waals surface area contributed by atoms with Gasteiger partial charge in [-0.2, -0.15) is 15.2 Å². The van der Waals surface area contributed by atoms with Crippen LogP contribution in [-0.4, -0.2) is 29.9 Å². The predicted octanol–water partition coefficient (Wildman–Crippen LogP) is 0.513. The highest BCUT2D eigenvalue weighted by Crippen LogP contribution is 2.25. The van der Waals surface area contributed by atoms with Crippen LogP contribution in [-0.2, 0) is 7.05 Å². The molecule has 1 aliphatic rings. The van der Waals surface area contributed by atoms with Crippen molar-refractivity contribution >= 4 is 34.3 Å². The number of nitrogens with zero attached hydrogens (tertiary/aromatic N) is 5. The van der Waals surface area contributed by atoms with Crippen LogP contribution in [0, 0.1) is 0 Å². The fourth-order valence-corrected chi connectivity index (χ4v) is 2.82. The number of aromatic amines is 1. The average Bonchev–Trinajstić information content (AvgIpc) is 3.05. The van der Waals surface area contributed by atoms with Crippen LogP contribution in [0.3, 0.4) is 0 Å². The Kier molecular flexibility index (Phi) is 2.40. The van der Waals surface area contributed by atoms with Crippen molar-refractivity contribution < 1.29 is 0 Å². The monoisotopic (exact) mass is 286 g/mol. The molecule has 0 atom stereocenters. The van der Waals surface area contributed by atoms with Crippen molar-refractivity contribution in [3.63, 3.8) is 0 Å². The van der Waals surface area contributed by atoms with Gasteiger partial charge in [0.1, 0.15) is 0 Å². The van der Waals surface area contributed by atoms with Gasteiger partial charge in [-0.1, -0.05) is 6.08 Å². The van der Waals surface area contributed by atoms with Gasteiger partial charge in [0.15, 0.2) is 5.65 Å². The van der Waals surface area contributed by atoms with Gasteiger partial charge in [0, 0.05) is 12.3 Å². The Bertz CT molecular complexity index is 936. The van der Waals surface area contributed by atoms with Crippen molar-refractivity contribution in [2.24, 2.45) is 7.05 Å². The Labute approximate surface area is 118 Å². The van der Waals surface area contributed by atoms with E-state index in [9.17, 15) is 0 Å². The Morgan fingerprint density at radius 1 is 1.30 bits per heavy atom. The van der Waals surface area contributed by atoms with Gasteiger partial charge in [0.2, 0.25) is 5.28 Å². The minimum atomic E-state index is 0.239. The summed E-state index contributed by atoms with van der Waals surface area (Å²) in [6.45, 7) is 0. The first kappa shape index (κ1) is 11.6. The molecule has 1 aliphatic carbocycles. The zero-order valence-corrected chi connectivity index (χ0v) is 11.5. The summed E-state index contributed by atoms with van der Waals surface area (Å²) in [6.07, 6.45) is 7.62. The van der Waals surface area contributed by atoms with Crippen LogP contribution in [0.1, 0.15) is 18.5 Å². The number of aryl methyl sites for hydroxylation is 1. The maximum absolute atomic E-state index is 6.07. The highest BCUT2D eigenvalue weighted by atomic mass is 35.5. The summed E-state index contributed by atoms with van der Waals surface area (Å²) in [5, 5.41) is 14.6. The van der Waals surface area contributed by atoms with E-state index in [1.807, 2.05) is 13.2 Å². The number of fused-ring (bicyclic) bond motifs is 2. The number of aromatic nitrogens is 6. The van der Waals surface area contributed by atoms with Crippen LogP contribution in [0.4, 0.5) is 0 Å². The Morgan fingerprint density at radius 2 is 2.20 bits per heavy atom. The normalized spacial score (nSPS) is 14.4. The van der Waals surface area contributed by atoms with Crippen LogP contribution in [0.25, 0.3) is 22.7 Å². The first-order valence-corrected chi connectivity index (χ1v) is 6.70. The van der Waals surface area contributed by atoms with Gasteiger partial charge in [0.25, 0.3) is 0 Å². The maximum atomic E-state index is 6.07. The summed E-state index contributed by atoms with van der Waals surface area (Å²) in [4.78, 5) is 8.67. The molecule has 0 amide bonds. The van der Waals surface area contributed by atoms with Crippen molar-refractivity contribution in [1.29, 1.82) is 0 Å². The van der Waals surface area contributed by atoms with Crippen molar-refractivity contribution in [1.82, 2.24) is 29.9 Å². The second kappa shape index (κ2) is 4.14. The quantitative estimate of drug-likeness (QED) is 0.662. The van der Waals surface area contributed by atoms with Crippen LogP contribution < -0.4 is 10.6 Å². The van der Waals surface area contributed by atoms with E-state index in [1.54, 1.807) is 10.9 Å². The van der Waals surface area contributed by atoms with Crippen LogP contribution >= 0.6 is 11.6 Å². The van der Waals surface area contributed by atoms with Gasteiger partial charge in [-0.05, 0) is 30.0 Å². The largest absolute Gasteiger partial charge is 0.278 e. The van der Waals surface area contributed by atoms with E-state index in [0.717, 1.165) is 45.7 Å². The lowest BCUT2D eigenvalue weighted by molar-refractivity contribution is 0.785. The second-order valence-electron chi connectivity index (χ2n) is 4.77. The number of hydrogen-bond donors (Lipinski definition) is 1. The third kappa shape index (κ3) is 1.58. The molecule has 20 heavy (non-hydrogen) atoms. The van der Waals surface area contributed by atoms with Crippen molar-refractivity contribution in [3.8, 4) is 0 Å². The lowest BCUT2D eigenvalue weighted by Gasteiger charge is -2.09. The molecule has 0 aromatic carbocycles. The lowest BCUT2D eigenvalue weighted by atomic mass is 9.99. The van der Waals surface area contributed by atoms with E-state index in [2.05, 4.69) is 31.3 Å². The maximum Gasteiger partial charge on any atom is 0.224 e. The Balaban J connectivity index is 2.15. The molecule has 0 saturated carbocycles. The van der Waals surface area contributed by atoms with E-state index >= 15 is 0 Å². The molecule has 3 aromatic rings. The molecule has 0 bridgehead atoms. The molecule has 0 spiro atoms. The van der Waals surface area contributed by atoms with Gasteiger partial charge < -0.3 is 0 Å². The van der Waals surface area contributed by atoms with E-state index in [1.165, 1.54) is 0 Å². The van der Waals surface area contributed by atoms with Crippen LogP contribution in [0.15, 0.2) is 12.4 Å². The standard InChI is InChI=1S/C13H11ClN6/c1-20-12-9(6-16-20)11(17-13(14)18-12)7-3-2-4-10-8(7)5-15-19-10/h4-6,19H,2-3H2,1H3. The minimum Gasteiger partial charge on any atom is -0.278 e. The molecule has 0 aliphatic heterocycles. The highest BCUT2D eigenvalue weighted by Gasteiger charge is 2.17. The molecule has 0 unspecified atom stereocenters. The summed E-state index contributed by atoms with van der Waals surface area (Å²) >= 11 is 6.07. The summed E-state index contributed by atoms with van der Waals surface area (Å²) in [6, 6.07) is 0. The van der Waals surface area contributed by atoms with E-state index in [4.69, 9.17) is 11.6 Å². The smallest absolute Gasteiger partial charge is 0.224 e. The SMILES string of the molecule is Cn1ncc2c(C3=c4cn[nH]c4=CCC3)nc(Cl)nc21. The number of nitrogens with one attached hydrogen (secondary N) is 1. The molecule has 0 saturated heterocycles. The van der Waals surface area contributed by atoms with E-state index in [0.29, 0.717) is 0 Å². The molecular weight excluding hydrogens is 276 g/mol. The number of rotatable bonds is 1. The molecule has 100 valence electrons. The Hall–Kier alpha value is -2.21. The van der Waals surface area contributed by atoms with Gasteiger partial charge in [-0.25, -0.2) is 4.98 Å². The van der Waals surface area contributed by atoms with Gasteiger partial charge in [0.05, 0.1) is 28.8 Å². The number of halogens is 1. The molecule has 4 rings (SSSR count). The first-order valence-electron chi connectivity index (χ1n) is 6.32. The fraction of sp³-hybridized carbons (Fsp3) is 0.231. The topological polar surface area (TPSA) is 72.3 Å². The summed E-state index contributed by atoms with van der Waals surface area (Å²) in [5.41, 5.74) is 2.73. The van der Waals surface area contributed by atoms with Crippen molar-refractivity contribution in [2.45, 2.75) is 12.8 Å². The fourth-order valence-electron chi connectivity index (χ4n) is 2.66. The molecule has 1 N–H and O–H groups in total. The zero-order chi connectivity index (χ0) is 13.7.